The Morgan fingerprint density at radius 2 is 2.26 bits per heavy atom. The number of rotatable bonds is 5. The highest BCUT2D eigenvalue weighted by atomic mass is 19.1. The molecule has 1 aromatic carbocycles. The quantitative estimate of drug-likeness (QED) is 0.903. The number of halogens is 1. The van der Waals surface area contributed by atoms with Crippen molar-refractivity contribution in [3.63, 3.8) is 0 Å². The normalized spacial score (nSPS) is 12.4. The second-order valence-corrected chi connectivity index (χ2v) is 4.32. The molecule has 4 nitrogen and oxygen atoms in total. The van der Waals surface area contributed by atoms with E-state index in [9.17, 15) is 9.50 Å². The predicted molar refractivity (Wildman–Crippen MR) is 69.3 cm³/mol. The Bertz CT molecular complexity index is 552. The number of hydrogen-bond acceptors (Lipinski definition) is 3. The van der Waals surface area contributed by atoms with Crippen LogP contribution in [0.25, 0.3) is 0 Å². The molecule has 2 rings (SSSR count). The summed E-state index contributed by atoms with van der Waals surface area (Å²) >= 11 is 0. The van der Waals surface area contributed by atoms with E-state index < -0.39 is 6.10 Å². The summed E-state index contributed by atoms with van der Waals surface area (Å²) in [6.45, 7) is 4.74. The van der Waals surface area contributed by atoms with Crippen LogP contribution in [-0.4, -0.2) is 14.7 Å². The Labute approximate surface area is 111 Å². The predicted octanol–water partition coefficient (Wildman–Crippen LogP) is 2.67. The molecule has 1 aromatic heterocycles. The molecule has 2 aromatic rings. The van der Waals surface area contributed by atoms with E-state index >= 15 is 0 Å². The first-order chi connectivity index (χ1) is 9.11. The third-order valence-electron chi connectivity index (χ3n) is 2.94. The molecule has 1 atom stereocenters. The van der Waals surface area contributed by atoms with Gasteiger partial charge < -0.3 is 14.4 Å². The minimum atomic E-state index is -0.776. The van der Waals surface area contributed by atoms with Crippen molar-refractivity contribution in [3.05, 3.63) is 47.8 Å². The van der Waals surface area contributed by atoms with E-state index in [-0.39, 0.29) is 5.82 Å². The van der Waals surface area contributed by atoms with Crippen LogP contribution in [0.4, 0.5) is 4.39 Å². The van der Waals surface area contributed by atoms with Crippen LogP contribution in [0, 0.1) is 5.82 Å². The van der Waals surface area contributed by atoms with Crippen LogP contribution < -0.4 is 4.74 Å². The lowest BCUT2D eigenvalue weighted by atomic mass is 10.1. The maximum Gasteiger partial charge on any atom is 0.130 e. The fourth-order valence-electron chi connectivity index (χ4n) is 1.88. The zero-order valence-electron chi connectivity index (χ0n) is 11.0. The van der Waals surface area contributed by atoms with Crippen LogP contribution in [0.1, 0.15) is 31.2 Å². The highest BCUT2D eigenvalue weighted by molar-refractivity contribution is 5.35. The van der Waals surface area contributed by atoms with Gasteiger partial charge in [0, 0.05) is 12.1 Å². The molecule has 0 spiro atoms. The van der Waals surface area contributed by atoms with Gasteiger partial charge in [0.1, 0.15) is 18.2 Å². The van der Waals surface area contributed by atoms with Crippen molar-refractivity contribution in [2.24, 2.45) is 0 Å². The fourth-order valence-corrected chi connectivity index (χ4v) is 1.88. The Kier molecular flexibility index (Phi) is 4.16. The molecule has 0 aliphatic heterocycles. The summed E-state index contributed by atoms with van der Waals surface area (Å²) in [4.78, 5) is 4.05. The molecule has 0 radical (unpaired) electrons. The molecule has 19 heavy (non-hydrogen) atoms. The SMILES string of the molecule is CCn1cncc1COc1ccc(F)cc1[C@H](C)O. The first kappa shape index (κ1) is 13.5. The van der Waals surface area contributed by atoms with Crippen LogP contribution in [0.2, 0.25) is 0 Å². The van der Waals surface area contributed by atoms with Crippen LogP contribution in [0.15, 0.2) is 30.7 Å². The van der Waals surface area contributed by atoms with Gasteiger partial charge in [0.15, 0.2) is 0 Å². The van der Waals surface area contributed by atoms with Crippen LogP contribution >= 0.6 is 0 Å². The number of aliphatic hydroxyl groups is 1. The van der Waals surface area contributed by atoms with Gasteiger partial charge in [-0.15, -0.1) is 0 Å². The zero-order chi connectivity index (χ0) is 13.8. The second kappa shape index (κ2) is 5.84. The van der Waals surface area contributed by atoms with Gasteiger partial charge in [0.25, 0.3) is 0 Å². The number of aromatic nitrogens is 2. The lowest BCUT2D eigenvalue weighted by Crippen LogP contribution is -2.06. The van der Waals surface area contributed by atoms with Crippen molar-refractivity contribution >= 4 is 0 Å². The monoisotopic (exact) mass is 264 g/mol. The molecule has 0 bridgehead atoms. The van der Waals surface area contributed by atoms with Gasteiger partial charge >= 0.3 is 0 Å². The highest BCUT2D eigenvalue weighted by Crippen LogP contribution is 2.26. The maximum atomic E-state index is 13.2. The summed E-state index contributed by atoms with van der Waals surface area (Å²) < 4.78 is 20.8. The van der Waals surface area contributed by atoms with E-state index in [1.165, 1.54) is 18.2 Å². The van der Waals surface area contributed by atoms with Crippen molar-refractivity contribution in [1.29, 1.82) is 0 Å². The summed E-state index contributed by atoms with van der Waals surface area (Å²) in [6.07, 6.45) is 2.69. The molecule has 1 heterocycles. The molecular weight excluding hydrogens is 247 g/mol. The van der Waals surface area contributed by atoms with E-state index in [0.29, 0.717) is 17.9 Å². The van der Waals surface area contributed by atoms with Gasteiger partial charge in [-0.1, -0.05) is 0 Å². The van der Waals surface area contributed by atoms with Gasteiger partial charge in [-0.05, 0) is 32.0 Å². The Hall–Kier alpha value is -1.88. The number of benzene rings is 1. The minimum absolute atomic E-state index is 0.333. The van der Waals surface area contributed by atoms with Crippen LogP contribution in [-0.2, 0) is 13.2 Å². The van der Waals surface area contributed by atoms with Gasteiger partial charge in [-0.3, -0.25) is 0 Å². The van der Waals surface area contributed by atoms with E-state index in [2.05, 4.69) is 4.98 Å². The molecule has 0 fully saturated rings. The van der Waals surface area contributed by atoms with Crippen molar-refractivity contribution in [1.82, 2.24) is 9.55 Å². The lowest BCUT2D eigenvalue weighted by molar-refractivity contribution is 0.189. The smallest absolute Gasteiger partial charge is 0.130 e. The Morgan fingerprint density at radius 3 is 2.95 bits per heavy atom. The van der Waals surface area contributed by atoms with Crippen molar-refractivity contribution in [2.45, 2.75) is 33.1 Å². The van der Waals surface area contributed by atoms with E-state index in [4.69, 9.17) is 4.74 Å². The minimum Gasteiger partial charge on any atom is -0.487 e. The number of imidazole rings is 1. The van der Waals surface area contributed by atoms with E-state index in [1.54, 1.807) is 19.4 Å². The van der Waals surface area contributed by atoms with Crippen molar-refractivity contribution in [2.75, 3.05) is 0 Å². The number of aryl methyl sites for hydroxylation is 1. The van der Waals surface area contributed by atoms with Gasteiger partial charge in [-0.25, -0.2) is 9.37 Å². The molecule has 0 unspecified atom stereocenters. The number of ether oxygens (including phenoxy) is 1. The maximum absolute atomic E-state index is 13.2. The third-order valence-corrected chi connectivity index (χ3v) is 2.94. The molecule has 0 aliphatic rings. The average Bonchev–Trinajstić information content (AvgIpc) is 2.84. The summed E-state index contributed by atoms with van der Waals surface area (Å²) in [6, 6.07) is 4.14. The Balaban J connectivity index is 2.15. The highest BCUT2D eigenvalue weighted by Gasteiger charge is 2.11. The van der Waals surface area contributed by atoms with Crippen LogP contribution in [0.3, 0.4) is 0 Å². The zero-order valence-corrected chi connectivity index (χ0v) is 11.0. The van der Waals surface area contributed by atoms with Gasteiger partial charge in [-0.2, -0.15) is 0 Å². The lowest BCUT2D eigenvalue weighted by Gasteiger charge is -2.14. The van der Waals surface area contributed by atoms with Crippen LogP contribution in [0.5, 0.6) is 5.75 Å². The average molecular weight is 264 g/mol. The summed E-state index contributed by atoms with van der Waals surface area (Å²) in [5.74, 6) is 0.0992. The Morgan fingerprint density at radius 1 is 1.47 bits per heavy atom. The topological polar surface area (TPSA) is 47.3 Å². The molecule has 0 amide bonds. The molecule has 0 saturated carbocycles. The standard InChI is InChI=1S/C14H17FN2O2/c1-3-17-9-16-7-12(17)8-19-14-5-4-11(15)6-13(14)10(2)18/h4-7,9-10,18H,3,8H2,1-2H3/t10-/m0/s1. The molecular formula is C14H17FN2O2. The summed E-state index contributed by atoms with van der Waals surface area (Å²) in [7, 11) is 0. The first-order valence-electron chi connectivity index (χ1n) is 6.21. The number of hydrogen-bond donors (Lipinski definition) is 1. The molecule has 0 saturated heterocycles. The summed E-state index contributed by atoms with van der Waals surface area (Å²) in [5.41, 5.74) is 1.38. The summed E-state index contributed by atoms with van der Waals surface area (Å²) in [5, 5.41) is 9.62. The number of aliphatic hydroxyl groups excluding tert-OH is 1. The fraction of sp³-hybridized carbons (Fsp3) is 0.357. The third kappa shape index (κ3) is 3.12. The van der Waals surface area contributed by atoms with E-state index in [0.717, 1.165) is 12.2 Å². The number of nitrogens with zero attached hydrogens (tertiary/aromatic N) is 2. The second-order valence-electron chi connectivity index (χ2n) is 4.32. The first-order valence-corrected chi connectivity index (χ1v) is 6.21. The molecule has 0 aliphatic carbocycles. The van der Waals surface area contributed by atoms with Gasteiger partial charge in [0.2, 0.25) is 0 Å². The molecule has 102 valence electrons. The van der Waals surface area contributed by atoms with E-state index in [1.807, 2.05) is 11.5 Å². The van der Waals surface area contributed by atoms with Crippen molar-refractivity contribution in [3.8, 4) is 5.75 Å². The van der Waals surface area contributed by atoms with Crippen molar-refractivity contribution < 1.29 is 14.2 Å². The molecule has 5 heteroatoms. The largest absolute Gasteiger partial charge is 0.487 e. The molecule has 1 N–H and O–H groups in total. The van der Waals surface area contributed by atoms with Gasteiger partial charge in [0.05, 0.1) is 24.3 Å².